The van der Waals surface area contributed by atoms with Gasteiger partial charge in [-0.15, -0.1) is 11.3 Å². The van der Waals surface area contributed by atoms with Crippen LogP contribution in [0.1, 0.15) is 16.9 Å². The van der Waals surface area contributed by atoms with Crippen molar-refractivity contribution >= 4 is 34.5 Å². The summed E-state index contributed by atoms with van der Waals surface area (Å²) in [5, 5.41) is 3.48. The van der Waals surface area contributed by atoms with Gasteiger partial charge in [-0.05, 0) is 48.4 Å². The first kappa shape index (κ1) is 14.8. The summed E-state index contributed by atoms with van der Waals surface area (Å²) in [5.41, 5.74) is 3.81. The molecule has 0 bridgehead atoms. The van der Waals surface area contributed by atoms with Gasteiger partial charge in [-0.1, -0.05) is 35.3 Å². The third-order valence-corrected chi connectivity index (χ3v) is 4.71. The van der Waals surface area contributed by atoms with Gasteiger partial charge in [-0.2, -0.15) is 0 Å². The number of hydrogen-bond acceptors (Lipinski definition) is 3. The van der Waals surface area contributed by atoms with E-state index >= 15 is 0 Å². The standard InChI is InChI=1S/C14H16Cl2N2S/c15-13-4-1-5-14(16)12(13)9-10(18-17)6-7-11-3-2-8-19-11/h1-5,8,10,18H,6-7,9,17H2. The predicted molar refractivity (Wildman–Crippen MR) is 83.9 cm³/mol. The highest BCUT2D eigenvalue weighted by Gasteiger charge is 2.13. The van der Waals surface area contributed by atoms with Crippen molar-refractivity contribution in [3.05, 3.63) is 56.2 Å². The van der Waals surface area contributed by atoms with Crippen LogP contribution >= 0.6 is 34.5 Å². The maximum Gasteiger partial charge on any atom is 0.0453 e. The Morgan fingerprint density at radius 2 is 1.89 bits per heavy atom. The largest absolute Gasteiger partial charge is 0.271 e. The van der Waals surface area contributed by atoms with Gasteiger partial charge < -0.3 is 0 Å². The van der Waals surface area contributed by atoms with Gasteiger partial charge in [-0.3, -0.25) is 11.3 Å². The highest BCUT2D eigenvalue weighted by atomic mass is 35.5. The van der Waals surface area contributed by atoms with Gasteiger partial charge in [0, 0.05) is 21.0 Å². The van der Waals surface area contributed by atoms with Crippen LogP contribution in [0.15, 0.2) is 35.7 Å². The Labute approximate surface area is 127 Å². The first-order valence-corrected chi connectivity index (χ1v) is 7.75. The molecule has 0 spiro atoms. The van der Waals surface area contributed by atoms with E-state index in [1.165, 1.54) is 4.88 Å². The molecule has 102 valence electrons. The monoisotopic (exact) mass is 314 g/mol. The van der Waals surface area contributed by atoms with Crippen LogP contribution < -0.4 is 11.3 Å². The van der Waals surface area contributed by atoms with Crippen LogP contribution in [0.25, 0.3) is 0 Å². The van der Waals surface area contributed by atoms with E-state index in [-0.39, 0.29) is 6.04 Å². The fraction of sp³-hybridized carbons (Fsp3) is 0.286. The van der Waals surface area contributed by atoms with E-state index < -0.39 is 0 Å². The highest BCUT2D eigenvalue weighted by Crippen LogP contribution is 2.26. The highest BCUT2D eigenvalue weighted by molar-refractivity contribution is 7.09. The lowest BCUT2D eigenvalue weighted by atomic mass is 10.0. The SMILES string of the molecule is NNC(CCc1cccs1)Cc1c(Cl)cccc1Cl. The molecule has 1 atom stereocenters. The van der Waals surface area contributed by atoms with Gasteiger partial charge in [0.15, 0.2) is 0 Å². The Bertz CT molecular complexity index is 494. The normalized spacial score (nSPS) is 12.6. The zero-order valence-corrected chi connectivity index (χ0v) is 12.7. The van der Waals surface area contributed by atoms with Crippen molar-refractivity contribution in [1.82, 2.24) is 5.43 Å². The molecule has 2 rings (SSSR count). The molecular formula is C14H16Cl2N2S. The van der Waals surface area contributed by atoms with Crippen LogP contribution in [0.2, 0.25) is 10.0 Å². The molecule has 1 aromatic heterocycles. The number of hydrazine groups is 1. The summed E-state index contributed by atoms with van der Waals surface area (Å²) < 4.78 is 0. The first-order valence-electron chi connectivity index (χ1n) is 6.12. The van der Waals surface area contributed by atoms with Crippen molar-refractivity contribution in [2.75, 3.05) is 0 Å². The van der Waals surface area contributed by atoms with Crippen LogP contribution in [0, 0.1) is 0 Å². The molecule has 5 heteroatoms. The summed E-state index contributed by atoms with van der Waals surface area (Å²) in [4.78, 5) is 1.37. The number of hydrogen-bond donors (Lipinski definition) is 2. The quantitative estimate of drug-likeness (QED) is 0.623. The van der Waals surface area contributed by atoms with Crippen molar-refractivity contribution in [2.24, 2.45) is 5.84 Å². The lowest BCUT2D eigenvalue weighted by molar-refractivity contribution is 0.493. The third-order valence-electron chi connectivity index (χ3n) is 3.07. The van der Waals surface area contributed by atoms with E-state index in [9.17, 15) is 0 Å². The van der Waals surface area contributed by atoms with Crippen LogP contribution in [-0.2, 0) is 12.8 Å². The Morgan fingerprint density at radius 3 is 2.47 bits per heavy atom. The Kier molecular flexibility index (Phi) is 5.67. The van der Waals surface area contributed by atoms with Gasteiger partial charge in [-0.25, -0.2) is 0 Å². The molecule has 0 saturated carbocycles. The molecule has 0 radical (unpaired) electrons. The van der Waals surface area contributed by atoms with E-state index in [1.54, 1.807) is 11.3 Å². The van der Waals surface area contributed by atoms with Gasteiger partial charge in [0.1, 0.15) is 0 Å². The molecule has 1 heterocycles. The number of halogens is 2. The summed E-state index contributed by atoms with van der Waals surface area (Å²) >= 11 is 14.1. The molecule has 1 unspecified atom stereocenters. The zero-order valence-electron chi connectivity index (χ0n) is 10.4. The average Bonchev–Trinajstić information content (AvgIpc) is 2.91. The Hall–Kier alpha value is -0.580. The maximum absolute atomic E-state index is 6.18. The maximum atomic E-state index is 6.18. The lowest BCUT2D eigenvalue weighted by Gasteiger charge is -2.17. The Morgan fingerprint density at radius 1 is 1.16 bits per heavy atom. The second-order valence-corrected chi connectivity index (χ2v) is 6.23. The van der Waals surface area contributed by atoms with E-state index in [0.29, 0.717) is 10.0 Å². The molecule has 0 aliphatic rings. The summed E-state index contributed by atoms with van der Waals surface area (Å²) in [7, 11) is 0. The van der Waals surface area contributed by atoms with Gasteiger partial charge in [0.05, 0.1) is 0 Å². The molecule has 0 saturated heterocycles. The second kappa shape index (κ2) is 7.27. The Balaban J connectivity index is 1.98. The van der Waals surface area contributed by atoms with Gasteiger partial charge in [0.25, 0.3) is 0 Å². The van der Waals surface area contributed by atoms with Crippen LogP contribution in [0.4, 0.5) is 0 Å². The lowest BCUT2D eigenvalue weighted by Crippen LogP contribution is -2.37. The minimum absolute atomic E-state index is 0.166. The van der Waals surface area contributed by atoms with E-state index in [0.717, 1.165) is 24.8 Å². The van der Waals surface area contributed by atoms with E-state index in [4.69, 9.17) is 29.0 Å². The van der Waals surface area contributed by atoms with Gasteiger partial charge >= 0.3 is 0 Å². The number of aryl methyl sites for hydroxylation is 1. The van der Waals surface area contributed by atoms with Crippen LogP contribution in [-0.4, -0.2) is 6.04 Å². The summed E-state index contributed by atoms with van der Waals surface area (Å²) in [5.74, 6) is 5.63. The number of thiophene rings is 1. The molecule has 2 aromatic rings. The van der Waals surface area contributed by atoms with Crippen LogP contribution in [0.5, 0.6) is 0 Å². The van der Waals surface area contributed by atoms with Crippen molar-refractivity contribution in [2.45, 2.75) is 25.3 Å². The van der Waals surface area contributed by atoms with E-state index in [2.05, 4.69) is 22.9 Å². The minimum Gasteiger partial charge on any atom is -0.271 e. The zero-order chi connectivity index (χ0) is 13.7. The third kappa shape index (κ3) is 4.20. The molecule has 2 nitrogen and oxygen atoms in total. The molecule has 0 amide bonds. The predicted octanol–water partition coefficient (Wildman–Crippen LogP) is 4.06. The topological polar surface area (TPSA) is 38.0 Å². The smallest absolute Gasteiger partial charge is 0.0453 e. The van der Waals surface area contributed by atoms with Crippen molar-refractivity contribution < 1.29 is 0 Å². The fourth-order valence-electron chi connectivity index (χ4n) is 1.99. The molecule has 0 aliphatic carbocycles. The summed E-state index contributed by atoms with van der Waals surface area (Å²) in [6.07, 6.45) is 2.70. The minimum atomic E-state index is 0.166. The first-order chi connectivity index (χ1) is 9.20. The summed E-state index contributed by atoms with van der Waals surface area (Å²) in [6, 6.07) is 9.94. The van der Waals surface area contributed by atoms with Crippen LogP contribution in [0.3, 0.4) is 0 Å². The van der Waals surface area contributed by atoms with Gasteiger partial charge in [0.2, 0.25) is 0 Å². The second-order valence-electron chi connectivity index (χ2n) is 4.39. The van der Waals surface area contributed by atoms with E-state index in [1.807, 2.05) is 18.2 Å². The van der Waals surface area contributed by atoms with Crippen molar-refractivity contribution in [3.63, 3.8) is 0 Å². The molecule has 3 N–H and O–H groups in total. The number of rotatable bonds is 6. The van der Waals surface area contributed by atoms with Crippen molar-refractivity contribution in [1.29, 1.82) is 0 Å². The fourth-order valence-corrected chi connectivity index (χ4v) is 3.27. The van der Waals surface area contributed by atoms with Crippen molar-refractivity contribution in [3.8, 4) is 0 Å². The molecule has 1 aromatic carbocycles. The molecule has 19 heavy (non-hydrogen) atoms. The average molecular weight is 315 g/mol. The number of benzene rings is 1. The molecular weight excluding hydrogens is 299 g/mol. The molecule has 0 aliphatic heterocycles. The number of nitrogens with one attached hydrogen (secondary N) is 1. The summed E-state index contributed by atoms with van der Waals surface area (Å²) in [6.45, 7) is 0. The molecule has 0 fully saturated rings. The number of nitrogens with two attached hydrogens (primary N) is 1.